The van der Waals surface area contributed by atoms with E-state index in [9.17, 15) is 39.6 Å². The Balaban J connectivity index is 1.56. The summed E-state index contributed by atoms with van der Waals surface area (Å²) >= 11 is 0. The zero-order valence-corrected chi connectivity index (χ0v) is 20.9. The number of phenolic OH excluding ortho intramolecular Hbond substituents is 1. The van der Waals surface area contributed by atoms with Crippen molar-refractivity contribution in [2.45, 2.75) is 43.4 Å². The molecule has 0 heterocycles. The van der Waals surface area contributed by atoms with Gasteiger partial charge in [-0.25, -0.2) is 0 Å². The highest BCUT2D eigenvalue weighted by atomic mass is 16.3. The molecule has 2 saturated carbocycles. The number of rotatable bonds is 6. The lowest BCUT2D eigenvalue weighted by Gasteiger charge is -2.50. The first-order chi connectivity index (χ1) is 17.9. The Hall–Kier alpha value is -3.90. The van der Waals surface area contributed by atoms with Crippen molar-refractivity contribution in [3.05, 3.63) is 40.2 Å². The van der Waals surface area contributed by atoms with Crippen molar-refractivity contribution in [3.8, 4) is 5.75 Å². The summed E-state index contributed by atoms with van der Waals surface area (Å²) in [6, 6.07) is 2.26. The molecule has 1 aromatic rings. The predicted molar refractivity (Wildman–Crippen MR) is 134 cm³/mol. The highest BCUT2D eigenvalue weighted by Crippen LogP contribution is 2.53. The number of primary amides is 1. The van der Waals surface area contributed by atoms with Crippen molar-refractivity contribution in [1.29, 1.82) is 0 Å². The van der Waals surface area contributed by atoms with Crippen LogP contribution in [-0.4, -0.2) is 87.0 Å². The third-order valence-corrected chi connectivity index (χ3v) is 7.98. The number of aromatic hydroxyl groups is 1. The molecule has 4 atom stereocenters. The number of nitrogens with one attached hydrogen (secondary N) is 2. The maximum atomic E-state index is 13.8. The van der Waals surface area contributed by atoms with E-state index < -0.39 is 58.0 Å². The second kappa shape index (κ2) is 8.84. The Morgan fingerprint density at radius 2 is 1.84 bits per heavy atom. The molecule has 2 fully saturated rings. The average molecular weight is 527 g/mol. The van der Waals surface area contributed by atoms with Crippen LogP contribution < -0.4 is 16.4 Å². The van der Waals surface area contributed by atoms with Crippen LogP contribution in [0.15, 0.2) is 29.0 Å². The summed E-state index contributed by atoms with van der Waals surface area (Å²) in [5, 5.41) is 50.3. The third-order valence-electron chi connectivity index (χ3n) is 7.98. The maximum absolute atomic E-state index is 13.8. The van der Waals surface area contributed by atoms with E-state index in [0.29, 0.717) is 5.56 Å². The second-order valence-electron chi connectivity index (χ2n) is 10.7. The molecule has 38 heavy (non-hydrogen) atoms. The number of fused-ring (bicyclic) bond motifs is 3. The molecular formula is C26H30N4O8. The molecule has 12 nitrogen and oxygen atoms in total. The zero-order chi connectivity index (χ0) is 27.7. The number of carbonyl (C=O) groups is 4. The van der Waals surface area contributed by atoms with Crippen LogP contribution in [0.1, 0.15) is 30.4 Å². The van der Waals surface area contributed by atoms with Crippen molar-refractivity contribution >= 4 is 34.8 Å². The summed E-state index contributed by atoms with van der Waals surface area (Å²) in [5.74, 6) is -7.25. The fourth-order valence-corrected chi connectivity index (χ4v) is 6.04. The summed E-state index contributed by atoms with van der Waals surface area (Å²) in [7, 11) is 3.09. The van der Waals surface area contributed by atoms with Gasteiger partial charge in [-0.15, -0.1) is 0 Å². The van der Waals surface area contributed by atoms with Crippen LogP contribution in [0.25, 0.3) is 5.76 Å². The van der Waals surface area contributed by atoms with Gasteiger partial charge in [0.2, 0.25) is 11.7 Å². The lowest BCUT2D eigenvalue weighted by Crippen LogP contribution is -2.65. The van der Waals surface area contributed by atoms with E-state index in [1.54, 1.807) is 26.2 Å². The molecule has 4 aliphatic rings. The standard InChI is InChI=1S/C26H30N4O8/c1-30(2)19-13-8-11-7-10-3-6-14(28-9-15(31)29-12-4-5-12)20(32)16(10)21(33)17(11)23(35)26(13,38)24(36)18(22(19)34)25(27)37/h3,6,11-13,19,28,32-33,36,38H,4-5,7-9H2,1-2H3,(H2,27,37)(H,29,31)/t11?,13?,19-,26?/m0/s1. The molecule has 0 aromatic heterocycles. The fourth-order valence-electron chi connectivity index (χ4n) is 6.04. The average Bonchev–Trinajstić information content (AvgIpc) is 3.64. The molecule has 3 unspecified atom stereocenters. The molecule has 0 bridgehead atoms. The SMILES string of the molecule is CN(C)[C@@H]1C(=O)C(C(N)=O)=C(O)C2(O)C(=O)C3=C(O)c4c(ccc(NCC(=O)NC5CC5)c4O)CC3CC12. The van der Waals surface area contributed by atoms with Gasteiger partial charge in [0, 0.05) is 17.5 Å². The quantitative estimate of drug-likeness (QED) is 0.190. The van der Waals surface area contributed by atoms with Crippen LogP contribution in [0, 0.1) is 11.8 Å². The number of Topliss-reactive ketones (excluding diaryl/α,β-unsaturated/α-hetero) is 2. The number of anilines is 1. The molecular weight excluding hydrogens is 496 g/mol. The number of aliphatic hydroxyl groups excluding tert-OH is 2. The summed E-state index contributed by atoms with van der Waals surface area (Å²) in [5.41, 5.74) is 2.22. The highest BCUT2D eigenvalue weighted by Gasteiger charge is 2.64. The van der Waals surface area contributed by atoms with Crippen molar-refractivity contribution in [2.24, 2.45) is 17.6 Å². The van der Waals surface area contributed by atoms with Crippen LogP contribution in [0.2, 0.25) is 0 Å². The molecule has 5 rings (SSSR count). The second-order valence-corrected chi connectivity index (χ2v) is 10.7. The van der Waals surface area contributed by atoms with Crippen LogP contribution in [0.5, 0.6) is 5.75 Å². The van der Waals surface area contributed by atoms with Crippen molar-refractivity contribution < 1.29 is 39.6 Å². The Morgan fingerprint density at radius 3 is 2.45 bits per heavy atom. The minimum atomic E-state index is -2.68. The van der Waals surface area contributed by atoms with E-state index in [1.807, 2.05) is 0 Å². The van der Waals surface area contributed by atoms with Gasteiger partial charge >= 0.3 is 0 Å². The Labute approximate surface area is 217 Å². The molecule has 4 aliphatic carbocycles. The molecule has 0 aliphatic heterocycles. The Kier molecular flexibility index (Phi) is 5.99. The molecule has 1 aromatic carbocycles. The van der Waals surface area contributed by atoms with Gasteiger partial charge in [0.25, 0.3) is 5.91 Å². The van der Waals surface area contributed by atoms with Gasteiger partial charge < -0.3 is 36.8 Å². The van der Waals surface area contributed by atoms with Crippen LogP contribution in [0.3, 0.4) is 0 Å². The number of amides is 2. The van der Waals surface area contributed by atoms with Gasteiger partial charge in [-0.1, -0.05) is 6.07 Å². The summed E-state index contributed by atoms with van der Waals surface area (Å²) in [6.45, 7) is -0.113. The molecule has 0 saturated heterocycles. The van der Waals surface area contributed by atoms with Crippen molar-refractivity contribution in [1.82, 2.24) is 10.2 Å². The first kappa shape index (κ1) is 25.7. The van der Waals surface area contributed by atoms with Crippen LogP contribution in [-0.2, 0) is 25.6 Å². The predicted octanol–water partition coefficient (Wildman–Crippen LogP) is -0.345. The summed E-state index contributed by atoms with van der Waals surface area (Å²) in [6.07, 6.45) is 2.07. The van der Waals surface area contributed by atoms with E-state index in [0.717, 1.165) is 12.8 Å². The van der Waals surface area contributed by atoms with Crippen molar-refractivity contribution in [2.75, 3.05) is 26.0 Å². The number of hydrogen-bond acceptors (Lipinski definition) is 10. The number of benzene rings is 1. The van der Waals surface area contributed by atoms with Gasteiger partial charge in [-0.3, -0.25) is 24.1 Å². The van der Waals surface area contributed by atoms with Gasteiger partial charge in [0.15, 0.2) is 11.4 Å². The minimum Gasteiger partial charge on any atom is -0.508 e. The number of likely N-dealkylation sites (N-methyl/N-ethyl adjacent to an activating group) is 1. The summed E-state index contributed by atoms with van der Waals surface area (Å²) < 4.78 is 0. The number of carbonyl (C=O) groups excluding carboxylic acids is 4. The van der Waals surface area contributed by atoms with E-state index in [2.05, 4.69) is 10.6 Å². The first-order valence-corrected chi connectivity index (χ1v) is 12.4. The van der Waals surface area contributed by atoms with Gasteiger partial charge in [-0.05, 0) is 57.3 Å². The van der Waals surface area contributed by atoms with Crippen LogP contribution >= 0.6 is 0 Å². The third kappa shape index (κ3) is 3.74. The van der Waals surface area contributed by atoms with Gasteiger partial charge in [0.1, 0.15) is 22.8 Å². The number of nitrogens with zero attached hydrogens (tertiary/aromatic N) is 1. The molecule has 12 heteroatoms. The highest BCUT2D eigenvalue weighted by molar-refractivity contribution is 6.24. The molecule has 0 spiro atoms. The fraction of sp³-hybridized carbons (Fsp3) is 0.462. The van der Waals surface area contributed by atoms with E-state index in [4.69, 9.17) is 5.73 Å². The van der Waals surface area contributed by atoms with E-state index in [1.165, 1.54) is 4.90 Å². The van der Waals surface area contributed by atoms with E-state index >= 15 is 0 Å². The van der Waals surface area contributed by atoms with Gasteiger partial charge in [0.05, 0.1) is 23.8 Å². The smallest absolute Gasteiger partial charge is 0.255 e. The maximum Gasteiger partial charge on any atom is 0.255 e. The number of ketones is 2. The number of hydrogen-bond donors (Lipinski definition) is 7. The van der Waals surface area contributed by atoms with Gasteiger partial charge in [-0.2, -0.15) is 0 Å². The Morgan fingerprint density at radius 1 is 1.16 bits per heavy atom. The zero-order valence-electron chi connectivity index (χ0n) is 20.9. The molecule has 0 radical (unpaired) electrons. The van der Waals surface area contributed by atoms with Crippen LogP contribution in [0.4, 0.5) is 5.69 Å². The molecule has 202 valence electrons. The number of phenols is 1. The minimum absolute atomic E-state index is 0.0217. The van der Waals surface area contributed by atoms with E-state index in [-0.39, 0.29) is 53.9 Å². The normalized spacial score (nSPS) is 28.6. The lowest BCUT2D eigenvalue weighted by molar-refractivity contribution is -0.153. The topological polar surface area (TPSA) is 203 Å². The number of aliphatic hydroxyl groups is 3. The number of nitrogens with two attached hydrogens (primary N) is 1. The Bertz CT molecular complexity index is 1340. The largest absolute Gasteiger partial charge is 0.508 e. The summed E-state index contributed by atoms with van der Waals surface area (Å²) in [4.78, 5) is 52.5. The lowest BCUT2D eigenvalue weighted by atomic mass is 9.57. The first-order valence-electron chi connectivity index (χ1n) is 12.4. The monoisotopic (exact) mass is 526 g/mol. The van der Waals surface area contributed by atoms with Crippen molar-refractivity contribution in [3.63, 3.8) is 0 Å². The molecule has 2 amide bonds. The molecule has 8 N–H and O–H groups in total.